The highest BCUT2D eigenvalue weighted by molar-refractivity contribution is 5.97. The summed E-state index contributed by atoms with van der Waals surface area (Å²) >= 11 is 0. The Morgan fingerprint density at radius 3 is 2.39 bits per heavy atom. The fraction of sp³-hybridized carbons (Fsp3) is 0.125. The molecule has 23 heavy (non-hydrogen) atoms. The molecule has 0 aliphatic carbocycles. The molecule has 0 aliphatic rings. The smallest absolute Gasteiger partial charge is 0.262 e. The van der Waals surface area contributed by atoms with E-state index in [9.17, 15) is 22.8 Å². The Balaban J connectivity index is 2.05. The summed E-state index contributed by atoms with van der Waals surface area (Å²) in [5.74, 6) is -3.29. The van der Waals surface area contributed by atoms with Crippen molar-refractivity contribution in [2.45, 2.75) is 6.92 Å². The van der Waals surface area contributed by atoms with Crippen LogP contribution in [0.3, 0.4) is 0 Å². The van der Waals surface area contributed by atoms with Crippen LogP contribution in [-0.4, -0.2) is 18.3 Å². The van der Waals surface area contributed by atoms with E-state index in [-0.39, 0.29) is 17.0 Å². The number of carbonyl (C=O) groups is 2. The second-order valence-electron chi connectivity index (χ2n) is 4.66. The van der Waals surface area contributed by atoms with E-state index >= 15 is 0 Å². The monoisotopic (exact) mass is 323 g/mol. The van der Waals surface area contributed by atoms with Gasteiger partial charge >= 0.3 is 0 Å². The number of ether oxygens (including phenoxy) is 1. The van der Waals surface area contributed by atoms with Crippen LogP contribution in [-0.2, 0) is 4.79 Å². The van der Waals surface area contributed by atoms with Gasteiger partial charge in [-0.05, 0) is 37.3 Å². The highest BCUT2D eigenvalue weighted by atomic mass is 19.1. The van der Waals surface area contributed by atoms with Gasteiger partial charge in [-0.1, -0.05) is 0 Å². The van der Waals surface area contributed by atoms with Crippen LogP contribution in [0.5, 0.6) is 5.75 Å². The largest absolute Gasteiger partial charge is 0.483 e. The maximum absolute atomic E-state index is 13.4. The zero-order valence-corrected chi connectivity index (χ0v) is 12.0. The van der Waals surface area contributed by atoms with Gasteiger partial charge in [-0.25, -0.2) is 13.2 Å². The molecule has 2 aromatic rings. The summed E-state index contributed by atoms with van der Waals surface area (Å²) in [7, 11) is 0. The zero-order valence-electron chi connectivity index (χ0n) is 12.0. The number of anilines is 1. The quantitative estimate of drug-likeness (QED) is 0.859. The zero-order chi connectivity index (χ0) is 17.0. The number of carbonyl (C=O) groups excluding carboxylic acids is 2. The first-order valence-electron chi connectivity index (χ1n) is 6.55. The standard InChI is InChI=1S/C16H12F3NO3/c1-9(21)12-6-10(17)3-5-15(12)23-8-16(22)20-14-7-11(18)2-4-13(14)19/h2-7H,8H2,1H3,(H,20,22). The van der Waals surface area contributed by atoms with Crippen LogP contribution in [0.4, 0.5) is 18.9 Å². The maximum Gasteiger partial charge on any atom is 0.262 e. The van der Waals surface area contributed by atoms with Crippen LogP contribution in [0.1, 0.15) is 17.3 Å². The normalized spacial score (nSPS) is 10.3. The van der Waals surface area contributed by atoms with Crippen molar-refractivity contribution in [3.63, 3.8) is 0 Å². The van der Waals surface area contributed by atoms with E-state index in [4.69, 9.17) is 4.74 Å². The van der Waals surface area contributed by atoms with E-state index in [1.807, 2.05) is 0 Å². The highest BCUT2D eigenvalue weighted by Gasteiger charge is 2.13. The van der Waals surface area contributed by atoms with E-state index in [1.165, 1.54) is 13.0 Å². The Hall–Kier alpha value is -2.83. The molecule has 0 fully saturated rings. The number of nitrogens with one attached hydrogen (secondary N) is 1. The number of hydrogen-bond donors (Lipinski definition) is 1. The lowest BCUT2D eigenvalue weighted by atomic mass is 10.1. The van der Waals surface area contributed by atoms with Gasteiger partial charge in [0.1, 0.15) is 23.2 Å². The van der Waals surface area contributed by atoms with Crippen molar-refractivity contribution in [1.29, 1.82) is 0 Å². The summed E-state index contributed by atoms with van der Waals surface area (Å²) in [6.07, 6.45) is 0. The molecule has 0 heterocycles. The van der Waals surface area contributed by atoms with Gasteiger partial charge in [-0.15, -0.1) is 0 Å². The maximum atomic E-state index is 13.4. The molecule has 1 N–H and O–H groups in total. The molecule has 2 rings (SSSR count). The summed E-state index contributed by atoms with van der Waals surface area (Å²) in [6, 6.07) is 5.89. The number of Topliss-reactive ketones (excluding diaryl/α,β-unsaturated/α-hetero) is 1. The molecular formula is C16H12F3NO3. The lowest BCUT2D eigenvalue weighted by Crippen LogP contribution is -2.21. The van der Waals surface area contributed by atoms with Gasteiger partial charge in [0.15, 0.2) is 12.4 Å². The van der Waals surface area contributed by atoms with E-state index < -0.39 is 35.7 Å². The third-order valence-corrected chi connectivity index (χ3v) is 2.88. The fourth-order valence-electron chi connectivity index (χ4n) is 1.83. The Morgan fingerprint density at radius 1 is 1.04 bits per heavy atom. The Morgan fingerprint density at radius 2 is 1.70 bits per heavy atom. The van der Waals surface area contributed by atoms with Crippen LogP contribution < -0.4 is 10.1 Å². The topological polar surface area (TPSA) is 55.4 Å². The molecule has 0 bridgehead atoms. The first kappa shape index (κ1) is 16.5. The number of halogens is 3. The van der Waals surface area contributed by atoms with E-state index in [0.29, 0.717) is 0 Å². The molecule has 2 aromatic carbocycles. The molecule has 0 aromatic heterocycles. The fourth-order valence-corrected chi connectivity index (χ4v) is 1.83. The third kappa shape index (κ3) is 4.32. The van der Waals surface area contributed by atoms with Gasteiger partial charge in [0, 0.05) is 6.07 Å². The lowest BCUT2D eigenvalue weighted by Gasteiger charge is -2.10. The molecule has 120 valence electrons. The predicted octanol–water partition coefficient (Wildman–Crippen LogP) is 3.32. The molecule has 0 aliphatic heterocycles. The number of benzene rings is 2. The third-order valence-electron chi connectivity index (χ3n) is 2.88. The molecule has 0 atom stereocenters. The molecular weight excluding hydrogens is 311 g/mol. The van der Waals surface area contributed by atoms with Gasteiger partial charge in [0.2, 0.25) is 0 Å². The SMILES string of the molecule is CC(=O)c1cc(F)ccc1OCC(=O)Nc1cc(F)ccc1F. The molecule has 7 heteroatoms. The van der Waals surface area contributed by atoms with Gasteiger partial charge < -0.3 is 10.1 Å². The van der Waals surface area contributed by atoms with Crippen molar-refractivity contribution >= 4 is 17.4 Å². The molecule has 0 saturated carbocycles. The average Bonchev–Trinajstić information content (AvgIpc) is 2.49. The van der Waals surface area contributed by atoms with Crippen LogP contribution >= 0.6 is 0 Å². The van der Waals surface area contributed by atoms with Crippen molar-refractivity contribution in [2.24, 2.45) is 0 Å². The summed E-state index contributed by atoms with van der Waals surface area (Å²) in [6.45, 7) is 0.672. The number of rotatable bonds is 5. The summed E-state index contributed by atoms with van der Waals surface area (Å²) in [5, 5.41) is 2.14. The minimum absolute atomic E-state index is 0.0188. The number of hydrogen-bond acceptors (Lipinski definition) is 3. The minimum Gasteiger partial charge on any atom is -0.483 e. The van der Waals surface area contributed by atoms with E-state index in [0.717, 1.165) is 30.3 Å². The van der Waals surface area contributed by atoms with Crippen LogP contribution in [0, 0.1) is 17.5 Å². The second kappa shape index (κ2) is 6.95. The van der Waals surface area contributed by atoms with Crippen LogP contribution in [0.2, 0.25) is 0 Å². The van der Waals surface area contributed by atoms with Gasteiger partial charge in [0.25, 0.3) is 5.91 Å². The number of ketones is 1. The van der Waals surface area contributed by atoms with Crippen molar-refractivity contribution < 1.29 is 27.5 Å². The summed E-state index contributed by atoms with van der Waals surface area (Å²) < 4.78 is 44.7. The van der Waals surface area contributed by atoms with E-state index in [2.05, 4.69) is 5.32 Å². The number of amides is 1. The van der Waals surface area contributed by atoms with Crippen LogP contribution in [0.15, 0.2) is 36.4 Å². The Kier molecular flexibility index (Phi) is 5.00. The highest BCUT2D eigenvalue weighted by Crippen LogP contribution is 2.20. The predicted molar refractivity (Wildman–Crippen MR) is 76.9 cm³/mol. The first-order chi connectivity index (χ1) is 10.9. The minimum atomic E-state index is -0.800. The van der Waals surface area contributed by atoms with Gasteiger partial charge in [-0.2, -0.15) is 0 Å². The summed E-state index contributed by atoms with van der Waals surface area (Å²) in [4.78, 5) is 23.1. The van der Waals surface area contributed by atoms with E-state index in [1.54, 1.807) is 0 Å². The molecule has 0 radical (unpaired) electrons. The molecule has 4 nitrogen and oxygen atoms in total. The van der Waals surface area contributed by atoms with Crippen molar-refractivity contribution in [2.75, 3.05) is 11.9 Å². The Bertz CT molecular complexity index is 762. The lowest BCUT2D eigenvalue weighted by molar-refractivity contribution is -0.118. The average molecular weight is 323 g/mol. The molecule has 1 amide bonds. The van der Waals surface area contributed by atoms with Gasteiger partial charge in [0.05, 0.1) is 11.3 Å². The first-order valence-corrected chi connectivity index (χ1v) is 6.55. The second-order valence-corrected chi connectivity index (χ2v) is 4.66. The van der Waals surface area contributed by atoms with Crippen molar-refractivity contribution in [1.82, 2.24) is 0 Å². The van der Waals surface area contributed by atoms with Crippen molar-refractivity contribution in [3.05, 3.63) is 59.4 Å². The molecule has 0 saturated heterocycles. The Labute approximate surface area is 129 Å². The molecule has 0 spiro atoms. The summed E-state index contributed by atoms with van der Waals surface area (Å²) in [5.41, 5.74) is -0.348. The van der Waals surface area contributed by atoms with Crippen molar-refractivity contribution in [3.8, 4) is 5.75 Å². The molecule has 0 unspecified atom stereocenters. The van der Waals surface area contributed by atoms with Gasteiger partial charge in [-0.3, -0.25) is 9.59 Å². The van der Waals surface area contributed by atoms with Crippen LogP contribution in [0.25, 0.3) is 0 Å².